The van der Waals surface area contributed by atoms with E-state index in [0.29, 0.717) is 6.42 Å². The van der Waals surface area contributed by atoms with Crippen LogP contribution in [0.25, 0.3) is 0 Å². The molecule has 0 saturated carbocycles. The molecule has 5 heteroatoms. The maximum atomic E-state index is 12.5. The Balaban J connectivity index is 1.45. The SMILES string of the molecule is O=C1CC2(CCN(Cc3cccnc3)C2)CN1c1ccccn1. The number of likely N-dealkylation sites (tertiary alicyclic amines) is 1. The third kappa shape index (κ3) is 2.84. The lowest BCUT2D eigenvalue weighted by atomic mass is 9.86. The van der Waals surface area contributed by atoms with Crippen molar-refractivity contribution in [1.29, 1.82) is 0 Å². The van der Waals surface area contributed by atoms with Gasteiger partial charge in [-0.25, -0.2) is 4.98 Å². The van der Waals surface area contributed by atoms with E-state index in [1.807, 2.05) is 35.4 Å². The first kappa shape index (κ1) is 14.3. The summed E-state index contributed by atoms with van der Waals surface area (Å²) in [6, 6.07) is 9.81. The van der Waals surface area contributed by atoms with Crippen LogP contribution in [0.3, 0.4) is 0 Å². The van der Waals surface area contributed by atoms with Gasteiger partial charge in [0.1, 0.15) is 5.82 Å². The zero-order chi connectivity index (χ0) is 15.7. The van der Waals surface area contributed by atoms with Crippen LogP contribution in [0.15, 0.2) is 48.9 Å². The first-order valence-corrected chi connectivity index (χ1v) is 8.07. The number of amides is 1. The molecule has 2 fully saturated rings. The Kier molecular flexibility index (Phi) is 3.58. The summed E-state index contributed by atoms with van der Waals surface area (Å²) in [5.74, 6) is 0.979. The molecule has 0 aromatic carbocycles. The first-order chi connectivity index (χ1) is 11.2. The maximum Gasteiger partial charge on any atom is 0.228 e. The Morgan fingerprint density at radius 1 is 1.13 bits per heavy atom. The molecule has 4 rings (SSSR count). The van der Waals surface area contributed by atoms with Crippen LogP contribution in [0, 0.1) is 5.41 Å². The Hall–Kier alpha value is -2.27. The Morgan fingerprint density at radius 2 is 2.09 bits per heavy atom. The minimum Gasteiger partial charge on any atom is -0.298 e. The van der Waals surface area contributed by atoms with Crippen molar-refractivity contribution < 1.29 is 4.79 Å². The second kappa shape index (κ2) is 5.74. The molecule has 2 aromatic heterocycles. The number of hydrogen-bond acceptors (Lipinski definition) is 4. The largest absolute Gasteiger partial charge is 0.298 e. The van der Waals surface area contributed by atoms with Crippen molar-refractivity contribution in [2.45, 2.75) is 19.4 Å². The summed E-state index contributed by atoms with van der Waals surface area (Å²) in [6.07, 6.45) is 7.17. The van der Waals surface area contributed by atoms with Gasteiger partial charge < -0.3 is 0 Å². The number of carbonyl (C=O) groups is 1. The summed E-state index contributed by atoms with van der Waals surface area (Å²) in [5, 5.41) is 0. The van der Waals surface area contributed by atoms with Crippen LogP contribution >= 0.6 is 0 Å². The van der Waals surface area contributed by atoms with Gasteiger partial charge in [0.15, 0.2) is 0 Å². The molecule has 1 unspecified atom stereocenters. The molecule has 2 saturated heterocycles. The van der Waals surface area contributed by atoms with Crippen LogP contribution < -0.4 is 4.90 Å². The molecule has 1 amide bonds. The smallest absolute Gasteiger partial charge is 0.228 e. The van der Waals surface area contributed by atoms with E-state index in [-0.39, 0.29) is 11.3 Å². The van der Waals surface area contributed by atoms with Crippen molar-refractivity contribution in [3.63, 3.8) is 0 Å². The van der Waals surface area contributed by atoms with E-state index in [2.05, 4.69) is 20.9 Å². The molecule has 2 aliphatic heterocycles. The molecule has 2 aliphatic rings. The molecule has 0 aliphatic carbocycles. The van der Waals surface area contributed by atoms with Crippen LogP contribution in [0.5, 0.6) is 0 Å². The third-order valence-electron chi connectivity index (χ3n) is 4.89. The van der Waals surface area contributed by atoms with Gasteiger partial charge in [-0.1, -0.05) is 12.1 Å². The van der Waals surface area contributed by atoms with Crippen molar-refractivity contribution in [3.05, 3.63) is 54.5 Å². The lowest BCUT2D eigenvalue weighted by Gasteiger charge is -2.24. The van der Waals surface area contributed by atoms with Crippen molar-refractivity contribution in [1.82, 2.24) is 14.9 Å². The van der Waals surface area contributed by atoms with E-state index in [0.717, 1.165) is 38.4 Å². The number of rotatable bonds is 3. The molecule has 0 radical (unpaired) electrons. The average molecular weight is 308 g/mol. The van der Waals surface area contributed by atoms with Crippen LogP contribution in [0.4, 0.5) is 5.82 Å². The fourth-order valence-corrected chi connectivity index (χ4v) is 3.80. The Labute approximate surface area is 136 Å². The molecule has 23 heavy (non-hydrogen) atoms. The van der Waals surface area contributed by atoms with Crippen molar-refractivity contribution in [2.75, 3.05) is 24.5 Å². The quantitative estimate of drug-likeness (QED) is 0.871. The zero-order valence-corrected chi connectivity index (χ0v) is 13.1. The summed E-state index contributed by atoms with van der Waals surface area (Å²) in [4.78, 5) is 25.3. The summed E-state index contributed by atoms with van der Waals surface area (Å²) < 4.78 is 0. The second-order valence-electron chi connectivity index (χ2n) is 6.67. The molecule has 4 heterocycles. The second-order valence-corrected chi connectivity index (χ2v) is 6.67. The van der Waals surface area contributed by atoms with Gasteiger partial charge in [-0.05, 0) is 36.7 Å². The van der Waals surface area contributed by atoms with Crippen LogP contribution in [0.1, 0.15) is 18.4 Å². The maximum absolute atomic E-state index is 12.5. The van der Waals surface area contributed by atoms with Gasteiger partial charge in [-0.3, -0.25) is 19.6 Å². The Morgan fingerprint density at radius 3 is 2.87 bits per heavy atom. The molecule has 0 N–H and O–H groups in total. The molecule has 5 nitrogen and oxygen atoms in total. The molecule has 118 valence electrons. The van der Waals surface area contributed by atoms with E-state index in [9.17, 15) is 4.79 Å². The minimum absolute atomic E-state index is 0.0802. The highest BCUT2D eigenvalue weighted by Crippen LogP contribution is 2.41. The van der Waals surface area contributed by atoms with E-state index in [4.69, 9.17) is 0 Å². The number of anilines is 1. The number of nitrogens with zero attached hydrogens (tertiary/aromatic N) is 4. The summed E-state index contributed by atoms with van der Waals surface area (Å²) >= 11 is 0. The fraction of sp³-hybridized carbons (Fsp3) is 0.389. The highest BCUT2D eigenvalue weighted by molar-refractivity contribution is 5.95. The monoisotopic (exact) mass is 308 g/mol. The van der Waals surface area contributed by atoms with Crippen molar-refractivity contribution in [2.24, 2.45) is 5.41 Å². The van der Waals surface area contributed by atoms with Gasteiger partial charge in [0.05, 0.1) is 0 Å². The number of aromatic nitrogens is 2. The Bertz CT molecular complexity index is 691. The van der Waals surface area contributed by atoms with Gasteiger partial charge in [0.25, 0.3) is 0 Å². The van der Waals surface area contributed by atoms with Gasteiger partial charge >= 0.3 is 0 Å². The van der Waals surface area contributed by atoms with Crippen LogP contribution in [0.2, 0.25) is 0 Å². The van der Waals surface area contributed by atoms with Gasteiger partial charge in [-0.2, -0.15) is 0 Å². The van der Waals surface area contributed by atoms with Gasteiger partial charge in [0, 0.05) is 50.1 Å². The summed E-state index contributed by atoms with van der Waals surface area (Å²) in [5.41, 5.74) is 1.31. The third-order valence-corrected chi connectivity index (χ3v) is 4.89. The lowest BCUT2D eigenvalue weighted by molar-refractivity contribution is -0.117. The fourth-order valence-electron chi connectivity index (χ4n) is 3.80. The van der Waals surface area contributed by atoms with E-state index in [1.54, 1.807) is 12.4 Å². The molecule has 0 bridgehead atoms. The molecule has 1 spiro atoms. The zero-order valence-electron chi connectivity index (χ0n) is 13.1. The summed E-state index contributed by atoms with van der Waals surface area (Å²) in [6.45, 7) is 3.70. The van der Waals surface area contributed by atoms with Gasteiger partial charge in [0.2, 0.25) is 5.91 Å². The number of hydrogen-bond donors (Lipinski definition) is 0. The van der Waals surface area contributed by atoms with E-state index in [1.165, 1.54) is 5.56 Å². The highest BCUT2D eigenvalue weighted by atomic mass is 16.2. The van der Waals surface area contributed by atoms with E-state index >= 15 is 0 Å². The van der Waals surface area contributed by atoms with Crippen molar-refractivity contribution in [3.8, 4) is 0 Å². The van der Waals surface area contributed by atoms with Crippen molar-refractivity contribution >= 4 is 11.7 Å². The topological polar surface area (TPSA) is 49.3 Å². The molecule has 2 aromatic rings. The minimum atomic E-state index is 0.0802. The predicted octanol–water partition coefficient (Wildman–Crippen LogP) is 2.11. The predicted molar refractivity (Wildman–Crippen MR) is 87.8 cm³/mol. The highest BCUT2D eigenvalue weighted by Gasteiger charge is 2.47. The van der Waals surface area contributed by atoms with Gasteiger partial charge in [-0.15, -0.1) is 0 Å². The van der Waals surface area contributed by atoms with Crippen LogP contribution in [-0.2, 0) is 11.3 Å². The normalized spacial score (nSPS) is 24.7. The summed E-state index contributed by atoms with van der Waals surface area (Å²) in [7, 11) is 0. The standard InChI is InChI=1S/C18H20N4O/c23-17-10-18(14-22(17)16-5-1-2-8-20-16)6-9-21(13-18)12-15-4-3-7-19-11-15/h1-5,7-8,11H,6,9-10,12-14H2. The molecular weight excluding hydrogens is 288 g/mol. The molecular formula is C18H20N4O. The van der Waals surface area contributed by atoms with Crippen LogP contribution in [-0.4, -0.2) is 40.4 Å². The van der Waals surface area contributed by atoms with E-state index < -0.39 is 0 Å². The average Bonchev–Trinajstić information content (AvgIpc) is 3.12. The number of carbonyl (C=O) groups excluding carboxylic acids is 1. The lowest BCUT2D eigenvalue weighted by Crippen LogP contribution is -2.31. The molecule has 1 atom stereocenters. The first-order valence-electron chi connectivity index (χ1n) is 8.07. The number of pyridine rings is 2.